The average molecular weight is 303 g/mol. The predicted molar refractivity (Wildman–Crippen MR) is 72.9 cm³/mol. The molecule has 5 nitrogen and oxygen atoms in total. The van der Waals surface area contributed by atoms with E-state index in [0.29, 0.717) is 18.0 Å². The monoisotopic (exact) mass is 303 g/mol. The van der Waals surface area contributed by atoms with Gasteiger partial charge in [0.05, 0.1) is 6.42 Å². The molecule has 2 heterocycles. The third-order valence-corrected chi connectivity index (χ3v) is 6.57. The number of rotatable bonds is 4. The fraction of sp³-hybridized carbons (Fsp3) is 0.583. The molecule has 7 heteroatoms. The summed E-state index contributed by atoms with van der Waals surface area (Å²) in [5, 5.41) is 8.71. The first-order valence-corrected chi connectivity index (χ1v) is 8.56. The Morgan fingerprint density at radius 3 is 2.42 bits per heavy atom. The summed E-state index contributed by atoms with van der Waals surface area (Å²) in [6.07, 6.45) is 3.81. The first-order chi connectivity index (χ1) is 9.00. The SMILES string of the molecule is O=C(O)Cc1ccc(S(=O)(=O)N2CCCCCC2)s1. The molecule has 1 aliphatic rings. The molecule has 0 amide bonds. The predicted octanol–water partition coefficient (Wildman–Crippen LogP) is 1.94. The summed E-state index contributed by atoms with van der Waals surface area (Å²) in [5.41, 5.74) is 0. The van der Waals surface area contributed by atoms with Gasteiger partial charge in [-0.1, -0.05) is 12.8 Å². The molecule has 0 saturated carbocycles. The van der Waals surface area contributed by atoms with Gasteiger partial charge in [-0.3, -0.25) is 4.79 Å². The van der Waals surface area contributed by atoms with E-state index in [9.17, 15) is 13.2 Å². The van der Waals surface area contributed by atoms with E-state index in [1.165, 1.54) is 10.4 Å². The third-order valence-electron chi connectivity index (χ3n) is 3.12. The number of carbonyl (C=O) groups is 1. The van der Waals surface area contributed by atoms with Crippen molar-refractivity contribution in [2.75, 3.05) is 13.1 Å². The molecule has 1 aliphatic heterocycles. The van der Waals surface area contributed by atoms with Crippen molar-refractivity contribution in [2.45, 2.75) is 36.3 Å². The number of hydrogen-bond donors (Lipinski definition) is 1. The number of sulfonamides is 1. The summed E-state index contributed by atoms with van der Waals surface area (Å²) in [6, 6.07) is 3.10. The van der Waals surface area contributed by atoms with Gasteiger partial charge in [0.1, 0.15) is 4.21 Å². The second-order valence-electron chi connectivity index (χ2n) is 4.61. The lowest BCUT2D eigenvalue weighted by molar-refractivity contribution is -0.136. The maximum Gasteiger partial charge on any atom is 0.308 e. The van der Waals surface area contributed by atoms with Crippen LogP contribution in [0.25, 0.3) is 0 Å². The highest BCUT2D eigenvalue weighted by molar-refractivity contribution is 7.91. The van der Waals surface area contributed by atoms with Gasteiger partial charge in [0.25, 0.3) is 10.0 Å². The van der Waals surface area contributed by atoms with E-state index in [4.69, 9.17) is 5.11 Å². The Hall–Kier alpha value is -0.920. The highest BCUT2D eigenvalue weighted by atomic mass is 32.2. The van der Waals surface area contributed by atoms with Crippen molar-refractivity contribution in [1.29, 1.82) is 0 Å². The topological polar surface area (TPSA) is 74.7 Å². The summed E-state index contributed by atoms with van der Waals surface area (Å²) < 4.78 is 26.6. The summed E-state index contributed by atoms with van der Waals surface area (Å²) in [4.78, 5) is 11.2. The van der Waals surface area contributed by atoms with Gasteiger partial charge in [0.15, 0.2) is 0 Å². The first-order valence-electron chi connectivity index (χ1n) is 6.31. The molecule has 2 rings (SSSR count). The van der Waals surface area contributed by atoms with Crippen molar-refractivity contribution in [3.8, 4) is 0 Å². The lowest BCUT2D eigenvalue weighted by Gasteiger charge is -2.18. The average Bonchev–Trinajstić information content (AvgIpc) is 2.64. The van der Waals surface area contributed by atoms with E-state index in [1.807, 2.05) is 0 Å². The van der Waals surface area contributed by atoms with E-state index in [-0.39, 0.29) is 10.6 Å². The van der Waals surface area contributed by atoms with Crippen molar-refractivity contribution in [3.05, 3.63) is 17.0 Å². The fourth-order valence-electron chi connectivity index (χ4n) is 2.15. The molecule has 0 aromatic carbocycles. The Bertz CT molecular complexity index is 542. The van der Waals surface area contributed by atoms with Crippen LogP contribution in [0.4, 0.5) is 0 Å². The summed E-state index contributed by atoms with van der Waals surface area (Å²) in [7, 11) is -3.44. The molecule has 0 bridgehead atoms. The number of hydrogen-bond acceptors (Lipinski definition) is 4. The van der Waals surface area contributed by atoms with Gasteiger partial charge < -0.3 is 5.11 Å². The van der Waals surface area contributed by atoms with Gasteiger partial charge >= 0.3 is 5.97 Å². The lowest BCUT2D eigenvalue weighted by Crippen LogP contribution is -2.31. The minimum atomic E-state index is -3.44. The van der Waals surface area contributed by atoms with Crippen LogP contribution in [-0.2, 0) is 21.2 Å². The molecule has 0 unspecified atom stereocenters. The standard InChI is InChI=1S/C12H17NO4S2/c14-11(15)9-10-5-6-12(18-10)19(16,17)13-7-3-1-2-4-8-13/h5-6H,1-4,7-9H2,(H,14,15). The van der Waals surface area contributed by atoms with Crippen LogP contribution in [0.5, 0.6) is 0 Å². The quantitative estimate of drug-likeness (QED) is 0.922. The third kappa shape index (κ3) is 3.55. The van der Waals surface area contributed by atoms with Crippen molar-refractivity contribution in [3.63, 3.8) is 0 Å². The molecule has 0 radical (unpaired) electrons. The minimum absolute atomic E-state index is 0.125. The largest absolute Gasteiger partial charge is 0.481 e. The van der Waals surface area contributed by atoms with E-state index in [2.05, 4.69) is 0 Å². The Labute approximate surface area is 116 Å². The van der Waals surface area contributed by atoms with E-state index < -0.39 is 16.0 Å². The van der Waals surface area contributed by atoms with Crippen molar-refractivity contribution in [1.82, 2.24) is 4.31 Å². The van der Waals surface area contributed by atoms with Crippen LogP contribution < -0.4 is 0 Å². The summed E-state index contributed by atoms with van der Waals surface area (Å²) >= 11 is 1.06. The van der Waals surface area contributed by atoms with E-state index in [1.54, 1.807) is 6.07 Å². The molecular weight excluding hydrogens is 286 g/mol. The smallest absolute Gasteiger partial charge is 0.308 e. The van der Waals surface area contributed by atoms with Crippen LogP contribution in [-0.4, -0.2) is 36.9 Å². The zero-order chi connectivity index (χ0) is 13.9. The van der Waals surface area contributed by atoms with Crippen LogP contribution in [0.2, 0.25) is 0 Å². The number of aliphatic carboxylic acids is 1. The first kappa shape index (κ1) is 14.5. The maximum atomic E-state index is 12.4. The molecule has 0 atom stereocenters. The molecular formula is C12H17NO4S2. The van der Waals surface area contributed by atoms with Gasteiger partial charge in [0.2, 0.25) is 0 Å². The molecule has 1 saturated heterocycles. The van der Waals surface area contributed by atoms with Crippen LogP contribution in [0.15, 0.2) is 16.3 Å². The minimum Gasteiger partial charge on any atom is -0.481 e. The zero-order valence-corrected chi connectivity index (χ0v) is 12.2. The Balaban J connectivity index is 2.18. The molecule has 1 fully saturated rings. The van der Waals surface area contributed by atoms with E-state index >= 15 is 0 Å². The molecule has 106 valence electrons. The molecule has 19 heavy (non-hydrogen) atoms. The van der Waals surface area contributed by atoms with Crippen molar-refractivity contribution >= 4 is 27.3 Å². The number of nitrogens with zero attached hydrogens (tertiary/aromatic N) is 1. The van der Waals surface area contributed by atoms with Gasteiger partial charge in [-0.05, 0) is 25.0 Å². The van der Waals surface area contributed by atoms with Gasteiger partial charge in [-0.2, -0.15) is 4.31 Å². The normalized spacial score (nSPS) is 18.1. The Morgan fingerprint density at radius 2 is 1.84 bits per heavy atom. The summed E-state index contributed by atoms with van der Waals surface area (Å²) in [6.45, 7) is 1.13. The van der Waals surface area contributed by atoms with Crippen LogP contribution in [0.3, 0.4) is 0 Å². The van der Waals surface area contributed by atoms with Gasteiger partial charge in [0, 0.05) is 18.0 Å². The maximum absolute atomic E-state index is 12.4. The van der Waals surface area contributed by atoms with Crippen molar-refractivity contribution < 1.29 is 18.3 Å². The Morgan fingerprint density at radius 1 is 1.21 bits per heavy atom. The van der Waals surface area contributed by atoms with Crippen molar-refractivity contribution in [2.24, 2.45) is 0 Å². The van der Waals surface area contributed by atoms with E-state index in [0.717, 1.165) is 37.0 Å². The molecule has 1 N–H and O–H groups in total. The Kier molecular flexibility index (Phi) is 4.59. The van der Waals surface area contributed by atoms with Gasteiger partial charge in [-0.15, -0.1) is 11.3 Å². The van der Waals surface area contributed by atoms with Crippen LogP contribution in [0.1, 0.15) is 30.6 Å². The number of carboxylic acid groups (broad SMARTS) is 1. The zero-order valence-electron chi connectivity index (χ0n) is 10.5. The summed E-state index contributed by atoms with van der Waals surface area (Å²) in [5.74, 6) is -0.944. The van der Waals surface area contributed by atoms with Crippen LogP contribution >= 0.6 is 11.3 Å². The lowest BCUT2D eigenvalue weighted by atomic mass is 10.2. The van der Waals surface area contributed by atoms with Gasteiger partial charge in [-0.25, -0.2) is 8.42 Å². The number of carboxylic acids is 1. The highest BCUT2D eigenvalue weighted by Gasteiger charge is 2.26. The molecule has 1 aromatic heterocycles. The second-order valence-corrected chi connectivity index (χ2v) is 7.94. The molecule has 0 spiro atoms. The molecule has 0 aliphatic carbocycles. The molecule has 1 aromatic rings. The number of thiophene rings is 1. The van der Waals surface area contributed by atoms with Crippen LogP contribution in [0, 0.1) is 0 Å². The second kappa shape index (κ2) is 6.02. The fourth-order valence-corrected chi connectivity index (χ4v) is 5.17. The highest BCUT2D eigenvalue weighted by Crippen LogP contribution is 2.27.